The number of likely N-dealkylation sites (N-methyl/N-ethyl adjacent to an activating group) is 1. The number of carbonyl (C=O) groups is 3. The first-order chi connectivity index (χ1) is 14.2. The topological polar surface area (TPSA) is 79.4 Å². The summed E-state index contributed by atoms with van der Waals surface area (Å²) in [6.07, 6.45) is -2.16. The van der Waals surface area contributed by atoms with Gasteiger partial charge in [0.05, 0.1) is 11.3 Å². The maximum atomic E-state index is 12.7. The summed E-state index contributed by atoms with van der Waals surface area (Å²) in [7, 11) is 1.45. The minimum absolute atomic E-state index is 0.0980. The van der Waals surface area contributed by atoms with Crippen LogP contribution in [0.4, 0.5) is 13.2 Å². The van der Waals surface area contributed by atoms with Crippen molar-refractivity contribution in [3.8, 4) is 11.3 Å². The maximum absolute atomic E-state index is 12.7. The average Bonchev–Trinajstić information content (AvgIpc) is 2.73. The second-order valence-corrected chi connectivity index (χ2v) is 6.72. The number of hydrogen-bond acceptors (Lipinski definition) is 4. The van der Waals surface area contributed by atoms with E-state index in [0.717, 1.165) is 17.8 Å². The molecular weight excluding hydrogens is 399 g/mol. The van der Waals surface area contributed by atoms with E-state index in [2.05, 4.69) is 10.3 Å². The van der Waals surface area contributed by atoms with Gasteiger partial charge in [-0.3, -0.25) is 14.6 Å². The van der Waals surface area contributed by atoms with Crippen LogP contribution in [0.5, 0.6) is 0 Å². The monoisotopic (exact) mass is 421 g/mol. The van der Waals surface area contributed by atoms with Crippen LogP contribution in [0.3, 0.4) is 0 Å². The number of aldehydes is 1. The van der Waals surface area contributed by atoms with Gasteiger partial charge in [-0.2, -0.15) is 13.2 Å². The lowest BCUT2D eigenvalue weighted by atomic mass is 10.0. The Morgan fingerprint density at radius 3 is 2.50 bits per heavy atom. The molecule has 9 heteroatoms. The highest BCUT2D eigenvalue weighted by atomic mass is 19.4. The van der Waals surface area contributed by atoms with Gasteiger partial charge in [-0.15, -0.1) is 0 Å². The Bertz CT molecular complexity index is 899. The van der Waals surface area contributed by atoms with Crippen LogP contribution >= 0.6 is 0 Å². The number of halogens is 3. The molecule has 2 amide bonds. The molecule has 0 spiro atoms. The van der Waals surface area contributed by atoms with Gasteiger partial charge in [0.15, 0.2) is 0 Å². The van der Waals surface area contributed by atoms with Crippen molar-refractivity contribution in [2.45, 2.75) is 38.5 Å². The third-order valence-electron chi connectivity index (χ3n) is 4.73. The van der Waals surface area contributed by atoms with Gasteiger partial charge in [-0.1, -0.05) is 12.1 Å². The van der Waals surface area contributed by atoms with Gasteiger partial charge in [0, 0.05) is 31.8 Å². The largest absolute Gasteiger partial charge is 0.417 e. The summed E-state index contributed by atoms with van der Waals surface area (Å²) < 4.78 is 38.2. The molecule has 0 aliphatic rings. The molecule has 30 heavy (non-hydrogen) atoms. The summed E-state index contributed by atoms with van der Waals surface area (Å²) >= 11 is 0. The molecule has 1 atom stereocenters. The molecule has 0 bridgehead atoms. The van der Waals surface area contributed by atoms with E-state index < -0.39 is 17.8 Å². The fourth-order valence-electron chi connectivity index (χ4n) is 2.99. The van der Waals surface area contributed by atoms with E-state index in [9.17, 15) is 27.6 Å². The molecule has 1 aromatic heterocycles. The molecule has 2 rings (SSSR count). The summed E-state index contributed by atoms with van der Waals surface area (Å²) in [6.45, 7) is 1.92. The van der Waals surface area contributed by atoms with Crippen molar-refractivity contribution >= 4 is 18.6 Å². The average molecular weight is 421 g/mol. The van der Waals surface area contributed by atoms with E-state index >= 15 is 0 Å². The second-order valence-electron chi connectivity index (χ2n) is 6.72. The SMILES string of the molecule is CNC(=O)C(CCC=O)N(C=O)Cc1cc(-c2ccc(C(F)(F)F)cn2)ccc1C. The van der Waals surface area contributed by atoms with Crippen LogP contribution in [0.15, 0.2) is 36.5 Å². The van der Waals surface area contributed by atoms with Gasteiger partial charge in [-0.05, 0) is 42.7 Å². The van der Waals surface area contributed by atoms with Crippen LogP contribution < -0.4 is 5.32 Å². The molecule has 0 saturated heterocycles. The summed E-state index contributed by atoms with van der Waals surface area (Å²) in [5.74, 6) is -0.387. The maximum Gasteiger partial charge on any atom is 0.417 e. The first kappa shape index (κ1) is 23.1. The van der Waals surface area contributed by atoms with E-state index in [1.165, 1.54) is 18.0 Å². The van der Waals surface area contributed by atoms with Crippen molar-refractivity contribution in [1.82, 2.24) is 15.2 Å². The van der Waals surface area contributed by atoms with Crippen LogP contribution in [0.2, 0.25) is 0 Å². The molecule has 160 valence electrons. The number of benzene rings is 1. The molecule has 0 saturated carbocycles. The minimum Gasteiger partial charge on any atom is -0.357 e. The lowest BCUT2D eigenvalue weighted by Crippen LogP contribution is -2.45. The highest BCUT2D eigenvalue weighted by Gasteiger charge is 2.30. The van der Waals surface area contributed by atoms with Crippen LogP contribution in [0.25, 0.3) is 11.3 Å². The lowest BCUT2D eigenvalue weighted by molar-refractivity contribution is -0.137. The highest BCUT2D eigenvalue weighted by Crippen LogP contribution is 2.30. The zero-order chi connectivity index (χ0) is 22.3. The number of hydrogen-bond donors (Lipinski definition) is 1. The summed E-state index contributed by atoms with van der Waals surface area (Å²) in [6, 6.07) is 6.65. The Kier molecular flexibility index (Phi) is 7.68. The lowest BCUT2D eigenvalue weighted by Gasteiger charge is -2.27. The number of pyridine rings is 1. The van der Waals surface area contributed by atoms with Gasteiger partial charge >= 0.3 is 6.18 Å². The molecule has 0 aliphatic heterocycles. The van der Waals surface area contributed by atoms with Crippen LogP contribution in [-0.2, 0) is 27.1 Å². The number of nitrogens with one attached hydrogen (secondary N) is 1. The Balaban J connectivity index is 2.32. The fraction of sp³-hybridized carbons (Fsp3) is 0.333. The first-order valence-corrected chi connectivity index (χ1v) is 9.20. The zero-order valence-corrected chi connectivity index (χ0v) is 16.6. The van der Waals surface area contributed by atoms with Gasteiger partial charge in [0.25, 0.3) is 0 Å². The Labute approximate surface area is 172 Å². The molecule has 1 unspecified atom stereocenters. The highest BCUT2D eigenvalue weighted by molar-refractivity contribution is 5.83. The van der Waals surface area contributed by atoms with Crippen molar-refractivity contribution in [3.05, 3.63) is 53.2 Å². The molecule has 2 aromatic rings. The van der Waals surface area contributed by atoms with Crippen LogP contribution in [0.1, 0.15) is 29.5 Å². The third kappa shape index (κ3) is 5.65. The predicted octanol–water partition coefficient (Wildman–Crippen LogP) is 3.13. The van der Waals surface area contributed by atoms with Crippen molar-refractivity contribution in [3.63, 3.8) is 0 Å². The smallest absolute Gasteiger partial charge is 0.357 e. The summed E-state index contributed by atoms with van der Waals surface area (Å²) in [5, 5.41) is 2.49. The molecule has 6 nitrogen and oxygen atoms in total. The van der Waals surface area contributed by atoms with Crippen molar-refractivity contribution in [1.29, 1.82) is 0 Å². The van der Waals surface area contributed by atoms with Crippen LogP contribution in [-0.4, -0.2) is 41.6 Å². The predicted molar refractivity (Wildman–Crippen MR) is 104 cm³/mol. The standard InChI is InChI=1S/C21H22F3N3O3/c1-14-5-6-15(18-8-7-17(11-26-18)21(22,23)24)10-16(14)12-27(13-29)19(4-3-9-28)20(30)25-2/h5-11,13,19H,3-4,12H2,1-2H3,(H,25,30). The van der Waals surface area contributed by atoms with E-state index in [-0.39, 0.29) is 25.3 Å². The summed E-state index contributed by atoms with van der Waals surface area (Å²) in [4.78, 5) is 39.7. The quantitative estimate of drug-likeness (QED) is 0.631. The minimum atomic E-state index is -4.47. The Hall–Kier alpha value is -3.23. The number of nitrogens with zero attached hydrogens (tertiary/aromatic N) is 2. The zero-order valence-electron chi connectivity index (χ0n) is 16.6. The normalized spacial score (nSPS) is 12.2. The van der Waals surface area contributed by atoms with Crippen molar-refractivity contribution < 1.29 is 27.6 Å². The molecule has 1 N–H and O–H groups in total. The molecule has 1 aromatic carbocycles. The summed E-state index contributed by atoms with van der Waals surface area (Å²) in [5.41, 5.74) is 1.64. The Morgan fingerprint density at radius 1 is 1.23 bits per heavy atom. The third-order valence-corrected chi connectivity index (χ3v) is 4.73. The van der Waals surface area contributed by atoms with Crippen molar-refractivity contribution in [2.24, 2.45) is 0 Å². The van der Waals surface area contributed by atoms with E-state index in [4.69, 9.17) is 0 Å². The van der Waals surface area contributed by atoms with Gasteiger partial charge in [0.2, 0.25) is 12.3 Å². The molecular formula is C21H22F3N3O3. The number of aryl methyl sites for hydroxylation is 1. The Morgan fingerprint density at radius 2 is 1.97 bits per heavy atom. The van der Waals surface area contributed by atoms with Gasteiger partial charge in [0.1, 0.15) is 12.3 Å². The molecule has 0 aliphatic carbocycles. The molecule has 0 fully saturated rings. The van der Waals surface area contributed by atoms with Crippen molar-refractivity contribution in [2.75, 3.05) is 7.05 Å². The number of aromatic nitrogens is 1. The number of alkyl halides is 3. The van der Waals surface area contributed by atoms with E-state index in [1.807, 2.05) is 6.92 Å². The number of rotatable bonds is 9. The molecule has 1 heterocycles. The van der Waals surface area contributed by atoms with Gasteiger partial charge < -0.3 is 15.0 Å². The van der Waals surface area contributed by atoms with Gasteiger partial charge in [-0.25, -0.2) is 0 Å². The van der Waals surface area contributed by atoms with E-state index in [0.29, 0.717) is 29.5 Å². The number of carbonyl (C=O) groups excluding carboxylic acids is 3. The van der Waals surface area contributed by atoms with E-state index in [1.54, 1.807) is 18.2 Å². The number of amides is 2. The molecule has 0 radical (unpaired) electrons. The first-order valence-electron chi connectivity index (χ1n) is 9.20. The second kappa shape index (κ2) is 10.00. The van der Waals surface area contributed by atoms with Crippen LogP contribution in [0, 0.1) is 6.92 Å². The fourth-order valence-corrected chi connectivity index (χ4v) is 2.99.